The molecule has 1 aliphatic rings. The van der Waals surface area contributed by atoms with Gasteiger partial charge in [-0.2, -0.15) is 0 Å². The van der Waals surface area contributed by atoms with Crippen molar-refractivity contribution < 1.29 is 4.74 Å². The molecular formula is C14H22N2O. The molecule has 0 radical (unpaired) electrons. The fourth-order valence-corrected chi connectivity index (χ4v) is 2.45. The molecule has 1 saturated heterocycles. The summed E-state index contributed by atoms with van der Waals surface area (Å²) >= 11 is 0. The molecule has 0 aliphatic carbocycles. The van der Waals surface area contributed by atoms with Gasteiger partial charge in [0, 0.05) is 25.0 Å². The van der Waals surface area contributed by atoms with Crippen LogP contribution in [-0.2, 0) is 4.74 Å². The van der Waals surface area contributed by atoms with Crippen LogP contribution in [0, 0.1) is 6.92 Å². The minimum atomic E-state index is 0.352. The van der Waals surface area contributed by atoms with E-state index in [1.54, 1.807) is 0 Å². The largest absolute Gasteiger partial charge is 0.378 e. The average Bonchev–Trinajstić information content (AvgIpc) is 2.37. The van der Waals surface area contributed by atoms with E-state index in [1.165, 1.54) is 30.4 Å². The van der Waals surface area contributed by atoms with Crippen molar-refractivity contribution in [3.8, 4) is 0 Å². The Labute approximate surface area is 104 Å². The zero-order chi connectivity index (χ0) is 12.1. The van der Waals surface area contributed by atoms with Crippen LogP contribution in [0.5, 0.6) is 0 Å². The molecule has 0 saturated carbocycles. The molecule has 0 amide bonds. The Hall–Kier alpha value is -0.930. The van der Waals surface area contributed by atoms with E-state index in [0.29, 0.717) is 12.1 Å². The second kappa shape index (κ2) is 6.12. The highest BCUT2D eigenvalue weighted by atomic mass is 16.5. The highest BCUT2D eigenvalue weighted by Gasteiger charge is 2.19. The van der Waals surface area contributed by atoms with E-state index in [9.17, 15) is 0 Å². The first-order chi connectivity index (χ1) is 8.29. The van der Waals surface area contributed by atoms with Crippen LogP contribution in [0.3, 0.4) is 0 Å². The Kier molecular flexibility index (Phi) is 4.51. The highest BCUT2D eigenvalue weighted by molar-refractivity contribution is 5.20. The number of pyridine rings is 1. The summed E-state index contributed by atoms with van der Waals surface area (Å²) in [6, 6.07) is 2.56. The molecule has 0 bridgehead atoms. The molecule has 1 aromatic heterocycles. The van der Waals surface area contributed by atoms with Gasteiger partial charge in [-0.05, 0) is 50.8 Å². The minimum absolute atomic E-state index is 0.352. The standard InChI is InChI=1S/C14H22N2O/c1-11-7-12(10-16-9-11)14(15-2)8-13-5-3-4-6-17-13/h7,9-10,13-15H,3-6,8H2,1-2H3. The van der Waals surface area contributed by atoms with Gasteiger partial charge in [-0.15, -0.1) is 0 Å². The van der Waals surface area contributed by atoms with Gasteiger partial charge in [0.1, 0.15) is 0 Å². The molecule has 0 aromatic carbocycles. The predicted molar refractivity (Wildman–Crippen MR) is 69.0 cm³/mol. The first-order valence-corrected chi connectivity index (χ1v) is 6.50. The summed E-state index contributed by atoms with van der Waals surface area (Å²) in [5, 5.41) is 3.37. The van der Waals surface area contributed by atoms with Gasteiger partial charge in [-0.1, -0.05) is 6.07 Å². The van der Waals surface area contributed by atoms with Gasteiger partial charge < -0.3 is 10.1 Å². The third kappa shape index (κ3) is 3.51. The number of hydrogen-bond donors (Lipinski definition) is 1. The summed E-state index contributed by atoms with van der Waals surface area (Å²) in [6.45, 7) is 3.01. The second-order valence-electron chi connectivity index (χ2n) is 4.86. The monoisotopic (exact) mass is 234 g/mol. The normalized spacial score (nSPS) is 22.4. The summed E-state index contributed by atoms with van der Waals surface area (Å²) in [4.78, 5) is 4.27. The molecule has 94 valence electrons. The van der Waals surface area contributed by atoms with Crippen molar-refractivity contribution in [1.82, 2.24) is 10.3 Å². The molecule has 1 fully saturated rings. The van der Waals surface area contributed by atoms with Gasteiger partial charge in [0.2, 0.25) is 0 Å². The number of rotatable bonds is 4. The highest BCUT2D eigenvalue weighted by Crippen LogP contribution is 2.24. The van der Waals surface area contributed by atoms with Crippen LogP contribution >= 0.6 is 0 Å². The summed E-state index contributed by atoms with van der Waals surface area (Å²) in [5.41, 5.74) is 2.48. The molecule has 3 heteroatoms. The molecule has 2 unspecified atom stereocenters. The molecule has 2 rings (SSSR count). The fraction of sp³-hybridized carbons (Fsp3) is 0.643. The fourth-order valence-electron chi connectivity index (χ4n) is 2.45. The van der Waals surface area contributed by atoms with Gasteiger partial charge >= 0.3 is 0 Å². The third-order valence-corrected chi connectivity index (χ3v) is 3.42. The Morgan fingerprint density at radius 1 is 1.47 bits per heavy atom. The van der Waals surface area contributed by atoms with E-state index in [1.807, 2.05) is 19.4 Å². The van der Waals surface area contributed by atoms with Crippen molar-refractivity contribution in [3.63, 3.8) is 0 Å². The molecule has 3 nitrogen and oxygen atoms in total. The van der Waals surface area contributed by atoms with E-state index in [-0.39, 0.29) is 0 Å². The summed E-state index contributed by atoms with van der Waals surface area (Å²) in [7, 11) is 2.01. The van der Waals surface area contributed by atoms with Crippen molar-refractivity contribution in [3.05, 3.63) is 29.6 Å². The molecule has 1 aromatic rings. The maximum absolute atomic E-state index is 5.80. The first kappa shape index (κ1) is 12.5. The lowest BCUT2D eigenvalue weighted by atomic mass is 9.97. The number of hydrogen-bond acceptors (Lipinski definition) is 3. The van der Waals surface area contributed by atoms with Crippen molar-refractivity contribution in [2.75, 3.05) is 13.7 Å². The molecule has 1 aliphatic heterocycles. The Balaban J connectivity index is 2.00. The number of ether oxygens (including phenoxy) is 1. The topological polar surface area (TPSA) is 34.1 Å². The second-order valence-corrected chi connectivity index (χ2v) is 4.86. The zero-order valence-electron chi connectivity index (χ0n) is 10.8. The molecule has 1 N–H and O–H groups in total. The van der Waals surface area contributed by atoms with Crippen molar-refractivity contribution in [1.29, 1.82) is 0 Å². The lowest BCUT2D eigenvalue weighted by molar-refractivity contribution is 0.00546. The molecule has 0 spiro atoms. The van der Waals surface area contributed by atoms with Crippen molar-refractivity contribution in [2.24, 2.45) is 0 Å². The summed E-state index contributed by atoms with van der Waals surface area (Å²) in [6.07, 6.45) is 9.00. The van der Waals surface area contributed by atoms with Crippen LogP contribution in [-0.4, -0.2) is 24.7 Å². The van der Waals surface area contributed by atoms with Crippen molar-refractivity contribution in [2.45, 2.75) is 44.8 Å². The van der Waals surface area contributed by atoms with Crippen LogP contribution in [0.2, 0.25) is 0 Å². The van der Waals surface area contributed by atoms with Gasteiger partial charge in [-0.3, -0.25) is 4.98 Å². The Morgan fingerprint density at radius 3 is 3.00 bits per heavy atom. The SMILES string of the molecule is CNC(CC1CCCCO1)c1cncc(C)c1. The van der Waals surface area contributed by atoms with E-state index in [0.717, 1.165) is 13.0 Å². The zero-order valence-corrected chi connectivity index (χ0v) is 10.8. The van der Waals surface area contributed by atoms with Gasteiger partial charge in [0.15, 0.2) is 0 Å². The smallest absolute Gasteiger partial charge is 0.0593 e. The third-order valence-electron chi connectivity index (χ3n) is 3.42. The quantitative estimate of drug-likeness (QED) is 0.869. The molecule has 2 heterocycles. The molecule has 17 heavy (non-hydrogen) atoms. The summed E-state index contributed by atoms with van der Waals surface area (Å²) < 4.78 is 5.80. The minimum Gasteiger partial charge on any atom is -0.378 e. The van der Waals surface area contributed by atoms with Crippen LogP contribution < -0.4 is 5.32 Å². The van der Waals surface area contributed by atoms with Gasteiger partial charge in [0.25, 0.3) is 0 Å². The average molecular weight is 234 g/mol. The Morgan fingerprint density at radius 2 is 2.35 bits per heavy atom. The Bertz CT molecular complexity index is 348. The number of aryl methyl sites for hydroxylation is 1. The number of nitrogens with zero attached hydrogens (tertiary/aromatic N) is 1. The van der Waals surface area contributed by atoms with Crippen LogP contribution in [0.25, 0.3) is 0 Å². The first-order valence-electron chi connectivity index (χ1n) is 6.50. The maximum atomic E-state index is 5.80. The summed E-state index contributed by atoms with van der Waals surface area (Å²) in [5.74, 6) is 0. The predicted octanol–water partition coefficient (Wildman–Crippen LogP) is 2.61. The van der Waals surface area contributed by atoms with Crippen LogP contribution in [0.15, 0.2) is 18.5 Å². The van der Waals surface area contributed by atoms with Crippen LogP contribution in [0.1, 0.15) is 42.9 Å². The van der Waals surface area contributed by atoms with Gasteiger partial charge in [0.05, 0.1) is 6.10 Å². The number of aromatic nitrogens is 1. The lowest BCUT2D eigenvalue weighted by Crippen LogP contribution is -2.27. The van der Waals surface area contributed by atoms with Crippen LogP contribution in [0.4, 0.5) is 0 Å². The van der Waals surface area contributed by atoms with E-state index < -0.39 is 0 Å². The van der Waals surface area contributed by atoms with E-state index >= 15 is 0 Å². The van der Waals surface area contributed by atoms with E-state index in [2.05, 4.69) is 23.3 Å². The lowest BCUT2D eigenvalue weighted by Gasteiger charge is -2.27. The molecular weight excluding hydrogens is 212 g/mol. The maximum Gasteiger partial charge on any atom is 0.0593 e. The van der Waals surface area contributed by atoms with Gasteiger partial charge in [-0.25, -0.2) is 0 Å². The van der Waals surface area contributed by atoms with E-state index in [4.69, 9.17) is 4.74 Å². The molecule has 2 atom stereocenters. The number of nitrogens with one attached hydrogen (secondary N) is 1. The van der Waals surface area contributed by atoms with Crippen molar-refractivity contribution >= 4 is 0 Å².